The van der Waals surface area contributed by atoms with E-state index in [2.05, 4.69) is 20.8 Å². The number of carbonyl (C=O) groups is 1. The molecule has 0 N–H and O–H groups in total. The van der Waals surface area contributed by atoms with Gasteiger partial charge in [-0.15, -0.1) is 0 Å². The first-order valence-electron chi connectivity index (χ1n) is 10.7. The van der Waals surface area contributed by atoms with E-state index in [4.69, 9.17) is 9.47 Å². The van der Waals surface area contributed by atoms with Crippen LogP contribution in [0.3, 0.4) is 0 Å². The van der Waals surface area contributed by atoms with Crippen LogP contribution in [0.2, 0.25) is 0 Å². The third-order valence-corrected chi connectivity index (χ3v) is 5.57. The Bertz CT molecular complexity index is 873. The molecule has 1 aliphatic rings. The number of likely N-dealkylation sites (tertiary alicyclic amines) is 1. The highest BCUT2D eigenvalue weighted by atomic mass is 16.5. The van der Waals surface area contributed by atoms with E-state index >= 15 is 0 Å². The average Bonchev–Trinajstić information content (AvgIpc) is 2.88. The molecule has 1 heterocycles. The van der Waals surface area contributed by atoms with Crippen molar-refractivity contribution < 1.29 is 14.3 Å². The van der Waals surface area contributed by atoms with Crippen molar-refractivity contribution >= 4 is 12.0 Å². The first-order valence-corrected chi connectivity index (χ1v) is 10.7. The lowest BCUT2D eigenvalue weighted by Gasteiger charge is -2.29. The fourth-order valence-corrected chi connectivity index (χ4v) is 4.19. The monoisotopic (exact) mass is 407 g/mol. The van der Waals surface area contributed by atoms with Crippen molar-refractivity contribution in [1.29, 1.82) is 0 Å². The Morgan fingerprint density at radius 3 is 2.67 bits per heavy atom. The number of nitrogens with zero attached hydrogens (tertiary/aromatic N) is 1. The molecule has 4 heteroatoms. The first-order chi connectivity index (χ1) is 14.4. The molecule has 1 aliphatic heterocycles. The van der Waals surface area contributed by atoms with Gasteiger partial charge in [0.15, 0.2) is 11.5 Å². The zero-order valence-corrected chi connectivity index (χ0v) is 18.6. The van der Waals surface area contributed by atoms with Crippen LogP contribution in [0.15, 0.2) is 54.6 Å². The highest BCUT2D eigenvalue weighted by Gasteiger charge is 2.29. The summed E-state index contributed by atoms with van der Waals surface area (Å²) in [6, 6.07) is 15.8. The molecule has 0 radical (unpaired) electrons. The van der Waals surface area contributed by atoms with Crippen LogP contribution in [0.4, 0.5) is 0 Å². The van der Waals surface area contributed by atoms with Gasteiger partial charge < -0.3 is 14.4 Å². The van der Waals surface area contributed by atoms with E-state index in [0.717, 1.165) is 37.1 Å². The van der Waals surface area contributed by atoms with Gasteiger partial charge in [-0.2, -0.15) is 0 Å². The van der Waals surface area contributed by atoms with Gasteiger partial charge >= 0.3 is 0 Å². The number of amides is 1. The van der Waals surface area contributed by atoms with Crippen molar-refractivity contribution in [3.63, 3.8) is 0 Å². The largest absolute Gasteiger partial charge is 0.493 e. The van der Waals surface area contributed by atoms with Crippen LogP contribution in [-0.2, 0) is 11.4 Å². The molecule has 1 fully saturated rings. The number of benzene rings is 2. The minimum Gasteiger partial charge on any atom is -0.493 e. The van der Waals surface area contributed by atoms with Crippen molar-refractivity contribution in [2.45, 2.75) is 40.2 Å². The maximum absolute atomic E-state index is 12.8. The van der Waals surface area contributed by atoms with Crippen LogP contribution in [0.1, 0.15) is 44.7 Å². The quantitative estimate of drug-likeness (QED) is 0.588. The summed E-state index contributed by atoms with van der Waals surface area (Å²) in [6.45, 7) is 8.88. The number of rotatable bonds is 6. The van der Waals surface area contributed by atoms with Gasteiger partial charge in [0, 0.05) is 19.2 Å². The van der Waals surface area contributed by atoms with E-state index in [1.165, 1.54) is 0 Å². The Hall–Kier alpha value is -2.75. The third-order valence-electron chi connectivity index (χ3n) is 5.57. The topological polar surface area (TPSA) is 38.8 Å². The summed E-state index contributed by atoms with van der Waals surface area (Å²) in [5.41, 5.74) is 2.17. The average molecular weight is 408 g/mol. The molecule has 0 saturated carbocycles. The standard InChI is InChI=1S/C26H33NO3/c1-20-14-15-27(19-26(2,3)17-20)25(28)13-11-21-10-12-23(24(16-21)29-4)30-18-22-8-6-5-7-9-22/h5-13,16,20H,14-15,17-19H2,1-4H3. The van der Waals surface area contributed by atoms with Crippen LogP contribution in [0, 0.1) is 11.3 Å². The molecule has 2 aromatic rings. The Balaban J connectivity index is 1.65. The van der Waals surface area contributed by atoms with Gasteiger partial charge in [-0.3, -0.25) is 4.79 Å². The maximum atomic E-state index is 12.8. The lowest BCUT2D eigenvalue weighted by atomic mass is 9.83. The molecule has 30 heavy (non-hydrogen) atoms. The molecular formula is C26H33NO3. The Kier molecular flexibility index (Phi) is 7.20. The number of ether oxygens (including phenoxy) is 2. The smallest absolute Gasteiger partial charge is 0.246 e. The highest BCUT2D eigenvalue weighted by Crippen LogP contribution is 2.32. The molecule has 1 saturated heterocycles. The molecule has 0 aromatic heterocycles. The predicted molar refractivity (Wildman–Crippen MR) is 122 cm³/mol. The lowest BCUT2D eigenvalue weighted by Crippen LogP contribution is -2.36. The predicted octanol–water partition coefficient (Wildman–Crippen LogP) is 5.57. The molecule has 4 nitrogen and oxygen atoms in total. The third kappa shape index (κ3) is 6.12. The van der Waals surface area contributed by atoms with Gasteiger partial charge in [-0.1, -0.05) is 57.2 Å². The second-order valence-corrected chi connectivity index (χ2v) is 9.04. The van der Waals surface area contributed by atoms with Gasteiger partial charge in [0.05, 0.1) is 7.11 Å². The van der Waals surface area contributed by atoms with E-state index in [9.17, 15) is 4.79 Å². The molecule has 0 spiro atoms. The van der Waals surface area contributed by atoms with Gasteiger partial charge in [-0.25, -0.2) is 0 Å². The van der Waals surface area contributed by atoms with Crippen molar-refractivity contribution in [2.75, 3.05) is 20.2 Å². The SMILES string of the molecule is COc1cc(C=CC(=O)N2CCC(C)CC(C)(C)C2)ccc1OCc1ccccc1. The van der Waals surface area contributed by atoms with Gasteiger partial charge in [-0.05, 0) is 53.5 Å². The molecule has 3 rings (SSSR count). The lowest BCUT2D eigenvalue weighted by molar-refractivity contribution is -0.127. The molecule has 160 valence electrons. The molecule has 1 amide bonds. The molecule has 1 atom stereocenters. The first kappa shape index (κ1) is 21.9. The molecule has 0 aliphatic carbocycles. The Morgan fingerprint density at radius 1 is 1.17 bits per heavy atom. The second-order valence-electron chi connectivity index (χ2n) is 9.04. The van der Waals surface area contributed by atoms with E-state index in [0.29, 0.717) is 24.0 Å². The van der Waals surface area contributed by atoms with Crippen LogP contribution in [0.5, 0.6) is 11.5 Å². The minimum absolute atomic E-state index is 0.0699. The zero-order valence-electron chi connectivity index (χ0n) is 18.6. The summed E-state index contributed by atoms with van der Waals surface area (Å²) in [5, 5.41) is 0. The second kappa shape index (κ2) is 9.84. The Labute approximate surface area is 180 Å². The highest BCUT2D eigenvalue weighted by molar-refractivity contribution is 5.92. The number of methoxy groups -OCH3 is 1. The van der Waals surface area contributed by atoms with E-state index in [1.807, 2.05) is 59.5 Å². The number of hydrogen-bond donors (Lipinski definition) is 0. The van der Waals surface area contributed by atoms with Crippen LogP contribution >= 0.6 is 0 Å². The summed E-state index contributed by atoms with van der Waals surface area (Å²) in [7, 11) is 1.63. The summed E-state index contributed by atoms with van der Waals surface area (Å²) in [5.74, 6) is 2.06. The molecule has 2 aromatic carbocycles. The van der Waals surface area contributed by atoms with Crippen LogP contribution in [0.25, 0.3) is 6.08 Å². The van der Waals surface area contributed by atoms with Gasteiger partial charge in [0.2, 0.25) is 5.91 Å². The summed E-state index contributed by atoms with van der Waals surface area (Å²) < 4.78 is 11.4. The van der Waals surface area contributed by atoms with Crippen molar-refractivity contribution in [2.24, 2.45) is 11.3 Å². The Morgan fingerprint density at radius 2 is 1.93 bits per heavy atom. The van der Waals surface area contributed by atoms with Gasteiger partial charge in [0.1, 0.15) is 6.61 Å². The van der Waals surface area contributed by atoms with Crippen molar-refractivity contribution in [3.8, 4) is 11.5 Å². The summed E-state index contributed by atoms with van der Waals surface area (Å²) in [6.07, 6.45) is 5.74. The van der Waals surface area contributed by atoms with Crippen molar-refractivity contribution in [3.05, 3.63) is 65.7 Å². The van der Waals surface area contributed by atoms with Crippen LogP contribution < -0.4 is 9.47 Å². The fourth-order valence-electron chi connectivity index (χ4n) is 4.19. The van der Waals surface area contributed by atoms with Crippen molar-refractivity contribution in [1.82, 2.24) is 4.90 Å². The van der Waals surface area contributed by atoms with E-state index < -0.39 is 0 Å². The molecular weight excluding hydrogens is 374 g/mol. The summed E-state index contributed by atoms with van der Waals surface area (Å²) >= 11 is 0. The molecule has 1 unspecified atom stereocenters. The van der Waals surface area contributed by atoms with Gasteiger partial charge in [0.25, 0.3) is 0 Å². The number of carbonyl (C=O) groups excluding carboxylic acids is 1. The van der Waals surface area contributed by atoms with Crippen LogP contribution in [-0.4, -0.2) is 31.0 Å². The maximum Gasteiger partial charge on any atom is 0.246 e. The summed E-state index contributed by atoms with van der Waals surface area (Å²) in [4.78, 5) is 14.8. The zero-order chi connectivity index (χ0) is 21.6. The normalized spacial score (nSPS) is 18.8. The van der Waals surface area contributed by atoms with E-state index in [1.54, 1.807) is 13.2 Å². The minimum atomic E-state index is 0.0699. The fraction of sp³-hybridized carbons (Fsp3) is 0.423. The number of hydrogen-bond acceptors (Lipinski definition) is 3. The molecule has 0 bridgehead atoms. The van der Waals surface area contributed by atoms with E-state index in [-0.39, 0.29) is 11.3 Å².